The van der Waals surface area contributed by atoms with Crippen LogP contribution in [0.1, 0.15) is 29.9 Å². The highest BCUT2D eigenvalue weighted by molar-refractivity contribution is 7.71. The number of hydrogen-bond donors (Lipinski definition) is 1. The van der Waals surface area contributed by atoms with Crippen LogP contribution in [-0.2, 0) is 13.2 Å². The van der Waals surface area contributed by atoms with Crippen molar-refractivity contribution in [2.75, 3.05) is 0 Å². The van der Waals surface area contributed by atoms with E-state index in [0.717, 1.165) is 12.3 Å². The van der Waals surface area contributed by atoms with Crippen LogP contribution in [-0.4, -0.2) is 19.7 Å². The predicted octanol–water partition coefficient (Wildman–Crippen LogP) is 3.70. The maximum Gasteiger partial charge on any atom is 0.417 e. The highest BCUT2D eigenvalue weighted by Gasteiger charge is 2.32. The van der Waals surface area contributed by atoms with E-state index in [1.54, 1.807) is 18.5 Å². The van der Waals surface area contributed by atoms with Gasteiger partial charge in [-0.3, -0.25) is 10.1 Å². The highest BCUT2D eigenvalue weighted by Crippen LogP contribution is 2.33. The summed E-state index contributed by atoms with van der Waals surface area (Å²) >= 11 is 10.9. The van der Waals surface area contributed by atoms with Crippen molar-refractivity contribution < 1.29 is 13.2 Å². The average molecular weight is 323 g/mol. The number of hydrogen-bond acceptors (Lipinski definition) is 3. The summed E-state index contributed by atoms with van der Waals surface area (Å²) in [6.07, 6.45) is -3.71. The van der Waals surface area contributed by atoms with Crippen LogP contribution in [0.5, 0.6) is 0 Å². The van der Waals surface area contributed by atoms with Crippen molar-refractivity contribution in [3.63, 3.8) is 0 Å². The third-order valence-electron chi connectivity index (χ3n) is 2.91. The Morgan fingerprint density at radius 1 is 1.45 bits per heavy atom. The molecule has 2 rings (SSSR count). The number of nitrogens with zero attached hydrogens (tertiary/aromatic N) is 3. The molecule has 0 radical (unpaired) electrons. The van der Waals surface area contributed by atoms with Crippen LogP contribution in [0.4, 0.5) is 13.2 Å². The molecule has 0 amide bonds. The summed E-state index contributed by atoms with van der Waals surface area (Å²) in [5.74, 6) is 0.159. The summed E-state index contributed by atoms with van der Waals surface area (Å²) in [4.78, 5) is 3.82. The Morgan fingerprint density at radius 2 is 2.10 bits per heavy atom. The molecule has 108 valence electrons. The number of rotatable bonds is 2. The normalized spacial score (nSPS) is 13.5. The minimum absolute atomic E-state index is 0.0544. The van der Waals surface area contributed by atoms with Crippen molar-refractivity contribution in [1.29, 1.82) is 0 Å². The molecule has 2 heterocycles. The second-order valence-corrected chi connectivity index (χ2v) is 5.05. The van der Waals surface area contributed by atoms with Gasteiger partial charge in [0.05, 0.1) is 22.2 Å². The molecule has 0 aliphatic carbocycles. The maximum atomic E-state index is 12.6. The largest absolute Gasteiger partial charge is 0.417 e. The Kier molecular flexibility index (Phi) is 3.88. The molecule has 0 spiro atoms. The first kappa shape index (κ1) is 15.0. The second kappa shape index (κ2) is 5.17. The van der Waals surface area contributed by atoms with Gasteiger partial charge in [-0.15, -0.1) is 0 Å². The SMILES string of the molecule is C[C@@H](c1ncc(C(F)(F)F)cc1Cl)c1n[nH]c(=S)n1C. The molecule has 20 heavy (non-hydrogen) atoms. The molecule has 1 atom stereocenters. The van der Waals surface area contributed by atoms with Crippen LogP contribution in [0.2, 0.25) is 5.02 Å². The number of H-pyrrole nitrogens is 1. The van der Waals surface area contributed by atoms with Gasteiger partial charge in [-0.25, -0.2) is 0 Å². The first-order valence-corrected chi connectivity index (χ1v) is 6.34. The number of aromatic nitrogens is 4. The van der Waals surface area contributed by atoms with E-state index in [1.165, 1.54) is 0 Å². The lowest BCUT2D eigenvalue weighted by Crippen LogP contribution is -2.10. The van der Waals surface area contributed by atoms with Gasteiger partial charge in [0.15, 0.2) is 4.77 Å². The van der Waals surface area contributed by atoms with Crippen LogP contribution in [0.25, 0.3) is 0 Å². The third kappa shape index (κ3) is 2.71. The van der Waals surface area contributed by atoms with E-state index in [4.69, 9.17) is 23.8 Å². The fourth-order valence-corrected chi connectivity index (χ4v) is 2.26. The van der Waals surface area contributed by atoms with Crippen LogP contribution in [0, 0.1) is 4.77 Å². The summed E-state index contributed by atoms with van der Waals surface area (Å²) in [5.41, 5.74) is -0.564. The van der Waals surface area contributed by atoms with Gasteiger partial charge in [0.1, 0.15) is 5.82 Å². The molecule has 0 aliphatic rings. The van der Waals surface area contributed by atoms with Gasteiger partial charge in [-0.1, -0.05) is 11.6 Å². The van der Waals surface area contributed by atoms with Crippen LogP contribution < -0.4 is 0 Å². The number of aromatic amines is 1. The molecule has 0 aromatic carbocycles. The lowest BCUT2D eigenvalue weighted by molar-refractivity contribution is -0.137. The molecule has 1 N–H and O–H groups in total. The van der Waals surface area contributed by atoms with Gasteiger partial charge in [-0.05, 0) is 25.2 Å². The summed E-state index contributed by atoms with van der Waals surface area (Å²) in [5, 5.41) is 6.58. The Labute approximate surface area is 122 Å². The van der Waals surface area contributed by atoms with E-state index >= 15 is 0 Å². The summed E-state index contributed by atoms with van der Waals surface area (Å²) in [6, 6.07) is 0.863. The predicted molar refractivity (Wildman–Crippen MR) is 70.2 cm³/mol. The van der Waals surface area contributed by atoms with E-state index in [1.807, 2.05) is 0 Å². The fraction of sp³-hybridized carbons (Fsp3) is 0.364. The molecule has 2 aromatic heterocycles. The summed E-state index contributed by atoms with van der Waals surface area (Å²) in [6.45, 7) is 1.74. The van der Waals surface area contributed by atoms with Crippen LogP contribution in [0.15, 0.2) is 12.3 Å². The number of pyridine rings is 1. The molecule has 9 heteroatoms. The van der Waals surface area contributed by atoms with Crippen molar-refractivity contribution in [2.45, 2.75) is 19.0 Å². The van der Waals surface area contributed by atoms with Gasteiger partial charge >= 0.3 is 6.18 Å². The minimum atomic E-state index is -4.47. The van der Waals surface area contributed by atoms with E-state index in [0.29, 0.717) is 16.3 Å². The standard InChI is InChI=1S/C11H10ClF3N4S/c1-5(9-17-18-10(20)19(9)2)8-7(12)3-6(4-16-8)11(13,14)15/h3-5H,1-2H3,(H,18,20)/t5-/m0/s1. The lowest BCUT2D eigenvalue weighted by atomic mass is 10.1. The van der Waals surface area contributed by atoms with Gasteiger partial charge in [-0.2, -0.15) is 18.3 Å². The van der Waals surface area contributed by atoms with Crippen LogP contribution in [0.3, 0.4) is 0 Å². The van der Waals surface area contributed by atoms with E-state index in [9.17, 15) is 13.2 Å². The van der Waals surface area contributed by atoms with Crippen molar-refractivity contribution in [1.82, 2.24) is 19.7 Å². The number of halogens is 4. The van der Waals surface area contributed by atoms with Crippen molar-refractivity contribution in [2.24, 2.45) is 7.05 Å². The molecule has 0 saturated heterocycles. The number of alkyl halides is 3. The zero-order chi connectivity index (χ0) is 15.1. The van der Waals surface area contributed by atoms with Gasteiger partial charge in [0.25, 0.3) is 0 Å². The van der Waals surface area contributed by atoms with Crippen molar-refractivity contribution in [3.05, 3.63) is 39.1 Å². The average Bonchev–Trinajstić information content (AvgIpc) is 2.68. The second-order valence-electron chi connectivity index (χ2n) is 4.26. The zero-order valence-corrected chi connectivity index (χ0v) is 12.1. The van der Waals surface area contributed by atoms with E-state index in [2.05, 4.69) is 15.2 Å². The molecular weight excluding hydrogens is 313 g/mol. The quantitative estimate of drug-likeness (QED) is 0.858. The Bertz CT molecular complexity index is 692. The van der Waals surface area contributed by atoms with Crippen molar-refractivity contribution in [3.8, 4) is 0 Å². The topological polar surface area (TPSA) is 46.5 Å². The van der Waals surface area contributed by atoms with Gasteiger partial charge in [0.2, 0.25) is 0 Å². The van der Waals surface area contributed by atoms with Crippen LogP contribution >= 0.6 is 23.8 Å². The Balaban J connectivity index is 2.44. The first-order valence-electron chi connectivity index (χ1n) is 5.55. The fourth-order valence-electron chi connectivity index (χ4n) is 1.79. The molecule has 0 aliphatic heterocycles. The third-order valence-corrected chi connectivity index (χ3v) is 3.58. The van der Waals surface area contributed by atoms with Gasteiger partial charge < -0.3 is 4.57 Å². The lowest BCUT2D eigenvalue weighted by Gasteiger charge is -2.13. The molecule has 0 saturated carbocycles. The zero-order valence-electron chi connectivity index (χ0n) is 10.5. The maximum absolute atomic E-state index is 12.6. The smallest absolute Gasteiger partial charge is 0.307 e. The first-order chi connectivity index (χ1) is 9.21. The summed E-state index contributed by atoms with van der Waals surface area (Å²) in [7, 11) is 1.70. The molecule has 4 nitrogen and oxygen atoms in total. The molecule has 2 aromatic rings. The summed E-state index contributed by atoms with van der Waals surface area (Å²) < 4.78 is 39.7. The monoisotopic (exact) mass is 322 g/mol. The molecule has 0 unspecified atom stereocenters. The molecular formula is C11H10ClF3N4S. The van der Waals surface area contributed by atoms with E-state index < -0.39 is 11.7 Å². The molecule has 0 fully saturated rings. The minimum Gasteiger partial charge on any atom is -0.307 e. The highest BCUT2D eigenvalue weighted by atomic mass is 35.5. The van der Waals surface area contributed by atoms with E-state index in [-0.39, 0.29) is 10.9 Å². The molecule has 0 bridgehead atoms. The number of nitrogens with one attached hydrogen (secondary N) is 1. The Morgan fingerprint density at radius 3 is 2.55 bits per heavy atom. The Hall–Kier alpha value is -1.41. The van der Waals surface area contributed by atoms with Gasteiger partial charge in [0, 0.05) is 13.2 Å². The van der Waals surface area contributed by atoms with Crippen molar-refractivity contribution >= 4 is 23.8 Å².